The van der Waals surface area contributed by atoms with Gasteiger partial charge in [0.1, 0.15) is 18.0 Å². The van der Waals surface area contributed by atoms with Gasteiger partial charge < -0.3 is 15.4 Å². The third-order valence-electron chi connectivity index (χ3n) is 2.46. The summed E-state index contributed by atoms with van der Waals surface area (Å²) in [5.74, 6) is 6.85. The van der Waals surface area contributed by atoms with Crippen molar-refractivity contribution in [2.75, 3.05) is 30.0 Å². The van der Waals surface area contributed by atoms with Crippen molar-refractivity contribution < 1.29 is 5.11 Å². The fraction of sp³-hybridized carbons (Fsp3) is 0.600. The zero-order valence-electron chi connectivity index (χ0n) is 9.77. The van der Waals surface area contributed by atoms with Gasteiger partial charge in [0.15, 0.2) is 0 Å². The van der Waals surface area contributed by atoms with Crippen LogP contribution in [-0.4, -0.2) is 34.8 Å². The van der Waals surface area contributed by atoms with Gasteiger partial charge in [0.25, 0.3) is 0 Å². The molecule has 0 bridgehead atoms. The summed E-state index contributed by atoms with van der Waals surface area (Å²) in [5.41, 5.74) is 3.46. The molecular formula is C10H19N5O. The van der Waals surface area contributed by atoms with Gasteiger partial charge in [0.05, 0.1) is 0 Å². The maximum atomic E-state index is 8.84. The lowest BCUT2D eigenvalue weighted by Gasteiger charge is -2.23. The number of nitrogens with one attached hydrogen (secondary N) is 1. The Morgan fingerprint density at radius 1 is 1.50 bits per heavy atom. The van der Waals surface area contributed by atoms with Crippen LogP contribution in [0.15, 0.2) is 6.33 Å². The highest BCUT2D eigenvalue weighted by Gasteiger charge is 2.11. The summed E-state index contributed by atoms with van der Waals surface area (Å²) in [6.07, 6.45) is 2.21. The van der Waals surface area contributed by atoms with Crippen LogP contribution in [0.1, 0.15) is 18.9 Å². The number of anilines is 2. The number of rotatable bonds is 6. The molecule has 1 aromatic heterocycles. The van der Waals surface area contributed by atoms with E-state index in [0.717, 1.165) is 30.9 Å². The van der Waals surface area contributed by atoms with Crippen molar-refractivity contribution in [1.82, 2.24) is 9.97 Å². The van der Waals surface area contributed by atoms with Crippen molar-refractivity contribution >= 4 is 11.6 Å². The molecule has 1 rings (SSSR count). The van der Waals surface area contributed by atoms with Gasteiger partial charge in [-0.3, -0.25) is 0 Å². The fourth-order valence-electron chi connectivity index (χ4n) is 1.58. The van der Waals surface area contributed by atoms with Crippen molar-refractivity contribution in [2.24, 2.45) is 5.84 Å². The van der Waals surface area contributed by atoms with Gasteiger partial charge in [0, 0.05) is 25.3 Å². The second-order valence-electron chi connectivity index (χ2n) is 3.47. The van der Waals surface area contributed by atoms with Crippen LogP contribution in [0.4, 0.5) is 11.6 Å². The molecule has 0 aliphatic heterocycles. The highest BCUT2D eigenvalue weighted by molar-refractivity contribution is 5.57. The molecule has 0 atom stereocenters. The van der Waals surface area contributed by atoms with E-state index in [1.807, 2.05) is 6.92 Å². The lowest BCUT2D eigenvalue weighted by atomic mass is 10.2. The van der Waals surface area contributed by atoms with Crippen LogP contribution in [0.2, 0.25) is 0 Å². The van der Waals surface area contributed by atoms with Crippen LogP contribution >= 0.6 is 0 Å². The van der Waals surface area contributed by atoms with E-state index in [2.05, 4.69) is 27.2 Å². The summed E-state index contributed by atoms with van der Waals surface area (Å²) >= 11 is 0. The van der Waals surface area contributed by atoms with Gasteiger partial charge in [-0.25, -0.2) is 15.8 Å². The highest BCUT2D eigenvalue weighted by atomic mass is 16.3. The lowest BCUT2D eigenvalue weighted by molar-refractivity contribution is 0.289. The van der Waals surface area contributed by atoms with Crippen molar-refractivity contribution in [3.63, 3.8) is 0 Å². The second-order valence-corrected chi connectivity index (χ2v) is 3.47. The standard InChI is InChI=1S/C10H19N5O/c1-3-15(5-4-6-16)10-8(2)9(14-11)12-7-13-10/h7,16H,3-6,11H2,1-2H3,(H,12,13,14). The van der Waals surface area contributed by atoms with Crippen LogP contribution in [0.3, 0.4) is 0 Å². The SMILES string of the molecule is CCN(CCCO)c1ncnc(NN)c1C. The third-order valence-corrected chi connectivity index (χ3v) is 2.46. The van der Waals surface area contributed by atoms with Crippen molar-refractivity contribution in [3.05, 3.63) is 11.9 Å². The molecule has 6 heteroatoms. The van der Waals surface area contributed by atoms with E-state index in [1.54, 1.807) is 0 Å². The molecule has 0 amide bonds. The smallest absolute Gasteiger partial charge is 0.148 e. The Balaban J connectivity index is 2.91. The summed E-state index contributed by atoms with van der Waals surface area (Å²) in [7, 11) is 0. The number of aromatic nitrogens is 2. The number of hydrazine groups is 1. The Labute approximate surface area is 95.5 Å². The maximum absolute atomic E-state index is 8.84. The van der Waals surface area contributed by atoms with E-state index in [4.69, 9.17) is 10.9 Å². The second kappa shape index (κ2) is 6.24. The monoisotopic (exact) mass is 225 g/mol. The Hall–Kier alpha value is -1.40. The number of nitrogen functional groups attached to an aromatic ring is 1. The first-order chi connectivity index (χ1) is 7.74. The number of hydrogen-bond donors (Lipinski definition) is 3. The minimum Gasteiger partial charge on any atom is -0.396 e. The maximum Gasteiger partial charge on any atom is 0.148 e. The summed E-state index contributed by atoms with van der Waals surface area (Å²) in [4.78, 5) is 10.4. The highest BCUT2D eigenvalue weighted by Crippen LogP contribution is 2.21. The van der Waals surface area contributed by atoms with E-state index < -0.39 is 0 Å². The zero-order chi connectivity index (χ0) is 12.0. The van der Waals surface area contributed by atoms with E-state index in [1.165, 1.54) is 6.33 Å². The molecule has 4 N–H and O–H groups in total. The molecule has 0 unspecified atom stereocenters. The summed E-state index contributed by atoms with van der Waals surface area (Å²) in [6, 6.07) is 0. The minimum absolute atomic E-state index is 0.183. The van der Waals surface area contributed by atoms with Gasteiger partial charge in [-0.1, -0.05) is 0 Å². The van der Waals surface area contributed by atoms with Crippen LogP contribution in [0.5, 0.6) is 0 Å². The first kappa shape index (κ1) is 12.7. The average molecular weight is 225 g/mol. The molecule has 0 saturated carbocycles. The molecule has 16 heavy (non-hydrogen) atoms. The minimum atomic E-state index is 0.183. The van der Waals surface area contributed by atoms with Crippen LogP contribution in [-0.2, 0) is 0 Å². The number of hydrogen-bond acceptors (Lipinski definition) is 6. The summed E-state index contributed by atoms with van der Waals surface area (Å²) in [6.45, 7) is 5.76. The number of aliphatic hydroxyl groups excluding tert-OH is 1. The largest absolute Gasteiger partial charge is 0.396 e. The molecule has 0 fully saturated rings. The molecule has 1 heterocycles. The van der Waals surface area contributed by atoms with E-state index in [0.29, 0.717) is 5.82 Å². The van der Waals surface area contributed by atoms with Gasteiger partial charge in [0.2, 0.25) is 0 Å². The Morgan fingerprint density at radius 3 is 2.81 bits per heavy atom. The summed E-state index contributed by atoms with van der Waals surface area (Å²) < 4.78 is 0. The number of aliphatic hydroxyl groups is 1. The molecule has 0 radical (unpaired) electrons. The van der Waals surface area contributed by atoms with Crippen LogP contribution in [0, 0.1) is 6.92 Å². The molecule has 0 spiro atoms. The first-order valence-electron chi connectivity index (χ1n) is 5.38. The van der Waals surface area contributed by atoms with Crippen molar-refractivity contribution in [3.8, 4) is 0 Å². The van der Waals surface area contributed by atoms with E-state index in [9.17, 15) is 0 Å². The number of nitrogens with two attached hydrogens (primary N) is 1. The quantitative estimate of drug-likeness (QED) is 0.476. The molecule has 0 aliphatic carbocycles. The van der Waals surface area contributed by atoms with E-state index >= 15 is 0 Å². The lowest BCUT2D eigenvalue weighted by Crippen LogP contribution is -2.27. The van der Waals surface area contributed by atoms with Gasteiger partial charge >= 0.3 is 0 Å². The topological polar surface area (TPSA) is 87.3 Å². The molecule has 90 valence electrons. The van der Waals surface area contributed by atoms with Gasteiger partial charge in [-0.05, 0) is 20.3 Å². The zero-order valence-corrected chi connectivity index (χ0v) is 9.77. The van der Waals surface area contributed by atoms with Crippen LogP contribution in [0.25, 0.3) is 0 Å². The van der Waals surface area contributed by atoms with Crippen LogP contribution < -0.4 is 16.2 Å². The van der Waals surface area contributed by atoms with Crippen molar-refractivity contribution in [2.45, 2.75) is 20.3 Å². The Bertz CT molecular complexity index is 331. The predicted molar refractivity (Wildman–Crippen MR) is 64.2 cm³/mol. The van der Waals surface area contributed by atoms with E-state index in [-0.39, 0.29) is 6.61 Å². The molecule has 0 aromatic carbocycles. The average Bonchev–Trinajstić information content (AvgIpc) is 2.32. The molecule has 0 saturated heterocycles. The molecule has 6 nitrogen and oxygen atoms in total. The predicted octanol–water partition coefficient (Wildman–Crippen LogP) is 0.279. The fourth-order valence-corrected chi connectivity index (χ4v) is 1.58. The Morgan fingerprint density at radius 2 is 2.25 bits per heavy atom. The first-order valence-corrected chi connectivity index (χ1v) is 5.38. The van der Waals surface area contributed by atoms with Gasteiger partial charge in [-0.15, -0.1) is 0 Å². The number of nitrogens with zero attached hydrogens (tertiary/aromatic N) is 3. The Kier molecular flexibility index (Phi) is 4.94. The van der Waals surface area contributed by atoms with Crippen molar-refractivity contribution in [1.29, 1.82) is 0 Å². The van der Waals surface area contributed by atoms with Gasteiger partial charge in [-0.2, -0.15) is 0 Å². The molecular weight excluding hydrogens is 206 g/mol. The third kappa shape index (κ3) is 2.80. The molecule has 1 aromatic rings. The molecule has 0 aliphatic rings. The summed E-state index contributed by atoms with van der Waals surface area (Å²) in [5, 5.41) is 8.84. The normalized spacial score (nSPS) is 10.2.